The van der Waals surface area contributed by atoms with E-state index in [1.54, 1.807) is 30.3 Å². The molecular formula is C16H17F3N4O2. The van der Waals surface area contributed by atoms with Gasteiger partial charge in [-0.2, -0.15) is 13.2 Å². The minimum absolute atomic E-state index is 0.0941. The number of hydrogen-bond donors (Lipinski definition) is 1. The number of halogens is 3. The Balaban J connectivity index is 1.89. The first-order chi connectivity index (χ1) is 11.8. The molecule has 2 aromatic rings. The van der Waals surface area contributed by atoms with Gasteiger partial charge in [0.05, 0.1) is 13.1 Å². The Morgan fingerprint density at radius 2 is 1.92 bits per heavy atom. The molecule has 25 heavy (non-hydrogen) atoms. The van der Waals surface area contributed by atoms with Crippen LogP contribution in [0.15, 0.2) is 42.7 Å². The van der Waals surface area contributed by atoms with Crippen molar-refractivity contribution in [2.45, 2.75) is 19.3 Å². The molecular weight excluding hydrogens is 337 g/mol. The number of carbonyl (C=O) groups is 2. The second-order valence-electron chi connectivity index (χ2n) is 5.39. The van der Waals surface area contributed by atoms with Crippen LogP contribution in [-0.2, 0) is 17.9 Å². The summed E-state index contributed by atoms with van der Waals surface area (Å²) in [7, 11) is 1.43. The molecule has 0 aliphatic rings. The van der Waals surface area contributed by atoms with Crippen LogP contribution >= 0.6 is 0 Å². The third kappa shape index (κ3) is 5.63. The highest BCUT2D eigenvalue weighted by Gasteiger charge is 2.29. The molecule has 1 aromatic heterocycles. The van der Waals surface area contributed by atoms with Gasteiger partial charge in [-0.05, 0) is 12.1 Å². The van der Waals surface area contributed by atoms with Gasteiger partial charge in [-0.1, -0.05) is 18.2 Å². The lowest BCUT2D eigenvalue weighted by Crippen LogP contribution is -2.38. The number of aromatic nitrogens is 2. The zero-order valence-electron chi connectivity index (χ0n) is 13.5. The van der Waals surface area contributed by atoms with Crippen LogP contribution in [0.4, 0.5) is 13.2 Å². The Morgan fingerprint density at radius 3 is 2.56 bits per heavy atom. The summed E-state index contributed by atoms with van der Waals surface area (Å²) in [5.41, 5.74) is 0.415. The van der Waals surface area contributed by atoms with E-state index in [0.717, 1.165) is 4.57 Å². The minimum Gasteiger partial charge on any atom is -0.343 e. The smallest absolute Gasteiger partial charge is 0.343 e. The second-order valence-corrected chi connectivity index (χ2v) is 5.39. The molecule has 0 bridgehead atoms. The number of carbonyl (C=O) groups excluding carboxylic acids is 2. The Labute approximate surface area is 142 Å². The van der Waals surface area contributed by atoms with Crippen LogP contribution in [0, 0.1) is 0 Å². The van der Waals surface area contributed by atoms with Crippen molar-refractivity contribution in [1.82, 2.24) is 19.8 Å². The molecule has 0 aliphatic carbocycles. The fourth-order valence-corrected chi connectivity index (χ4v) is 2.11. The summed E-state index contributed by atoms with van der Waals surface area (Å²) < 4.78 is 38.4. The van der Waals surface area contributed by atoms with Crippen molar-refractivity contribution in [3.8, 4) is 0 Å². The van der Waals surface area contributed by atoms with E-state index in [1.165, 1.54) is 24.3 Å². The fraction of sp³-hybridized carbons (Fsp3) is 0.312. The SMILES string of the molecule is CN(Cc1nccn1CC(F)(F)F)C(=O)CNC(=O)c1ccccc1. The normalized spacial score (nSPS) is 11.2. The second kappa shape index (κ2) is 7.82. The van der Waals surface area contributed by atoms with Crippen molar-refractivity contribution in [3.63, 3.8) is 0 Å². The van der Waals surface area contributed by atoms with E-state index >= 15 is 0 Å². The van der Waals surface area contributed by atoms with E-state index < -0.39 is 24.5 Å². The van der Waals surface area contributed by atoms with Crippen LogP contribution < -0.4 is 5.32 Å². The number of benzene rings is 1. The maximum absolute atomic E-state index is 12.5. The number of hydrogen-bond acceptors (Lipinski definition) is 3. The van der Waals surface area contributed by atoms with Crippen LogP contribution in [0.5, 0.6) is 0 Å². The number of amides is 2. The van der Waals surface area contributed by atoms with Crippen molar-refractivity contribution >= 4 is 11.8 Å². The van der Waals surface area contributed by atoms with Crippen LogP contribution in [0.25, 0.3) is 0 Å². The highest BCUT2D eigenvalue weighted by atomic mass is 19.4. The molecule has 0 radical (unpaired) electrons. The first-order valence-corrected chi connectivity index (χ1v) is 7.40. The van der Waals surface area contributed by atoms with Gasteiger partial charge in [0, 0.05) is 25.0 Å². The highest BCUT2D eigenvalue weighted by Crippen LogP contribution is 2.18. The average molecular weight is 354 g/mol. The standard InChI is InChI=1S/C16H17F3N4O2/c1-22(10-13-20-7-8-23(13)11-16(17,18)19)14(24)9-21-15(25)12-5-3-2-4-6-12/h2-8H,9-11H2,1H3,(H,21,25). The van der Waals surface area contributed by atoms with Gasteiger partial charge in [0.15, 0.2) is 0 Å². The lowest BCUT2D eigenvalue weighted by molar-refractivity contribution is -0.141. The van der Waals surface area contributed by atoms with E-state index in [1.807, 2.05) is 0 Å². The zero-order chi connectivity index (χ0) is 18.4. The summed E-state index contributed by atoms with van der Waals surface area (Å²) >= 11 is 0. The van der Waals surface area contributed by atoms with Gasteiger partial charge in [0.2, 0.25) is 5.91 Å². The van der Waals surface area contributed by atoms with Gasteiger partial charge in [0.1, 0.15) is 12.4 Å². The lowest BCUT2D eigenvalue weighted by atomic mass is 10.2. The summed E-state index contributed by atoms with van der Waals surface area (Å²) in [6, 6.07) is 8.38. The van der Waals surface area contributed by atoms with Crippen LogP contribution in [-0.4, -0.2) is 46.0 Å². The van der Waals surface area contributed by atoms with Crippen molar-refractivity contribution in [3.05, 3.63) is 54.1 Å². The number of likely N-dealkylation sites (N-methyl/N-ethyl adjacent to an activating group) is 1. The number of imidazole rings is 1. The van der Waals surface area contributed by atoms with Crippen LogP contribution in [0.2, 0.25) is 0 Å². The van der Waals surface area contributed by atoms with Crippen LogP contribution in [0.1, 0.15) is 16.2 Å². The van der Waals surface area contributed by atoms with E-state index in [9.17, 15) is 22.8 Å². The number of nitrogens with one attached hydrogen (secondary N) is 1. The van der Waals surface area contributed by atoms with Gasteiger partial charge in [-0.15, -0.1) is 0 Å². The van der Waals surface area contributed by atoms with Crippen molar-refractivity contribution < 1.29 is 22.8 Å². The third-order valence-corrected chi connectivity index (χ3v) is 3.39. The lowest BCUT2D eigenvalue weighted by Gasteiger charge is -2.18. The average Bonchev–Trinajstić information content (AvgIpc) is 2.97. The van der Waals surface area contributed by atoms with E-state index in [2.05, 4.69) is 10.3 Å². The molecule has 0 aliphatic heterocycles. The van der Waals surface area contributed by atoms with Gasteiger partial charge < -0.3 is 14.8 Å². The molecule has 0 spiro atoms. The fourth-order valence-electron chi connectivity index (χ4n) is 2.11. The third-order valence-electron chi connectivity index (χ3n) is 3.39. The van der Waals surface area contributed by atoms with Gasteiger partial charge in [0.25, 0.3) is 5.91 Å². The molecule has 2 amide bonds. The summed E-state index contributed by atoms with van der Waals surface area (Å²) in [5, 5.41) is 2.47. The molecule has 0 fully saturated rings. The zero-order valence-corrected chi connectivity index (χ0v) is 13.5. The topological polar surface area (TPSA) is 67.2 Å². The molecule has 0 unspecified atom stereocenters. The molecule has 2 rings (SSSR count). The van der Waals surface area contributed by atoms with E-state index in [-0.39, 0.29) is 18.9 Å². The monoisotopic (exact) mass is 354 g/mol. The van der Waals surface area contributed by atoms with E-state index in [4.69, 9.17) is 0 Å². The molecule has 0 saturated heterocycles. The number of alkyl halides is 3. The molecule has 9 heteroatoms. The maximum atomic E-state index is 12.5. The van der Waals surface area contributed by atoms with Gasteiger partial charge in [-0.25, -0.2) is 4.98 Å². The van der Waals surface area contributed by atoms with Gasteiger partial charge >= 0.3 is 6.18 Å². The largest absolute Gasteiger partial charge is 0.406 e. The Morgan fingerprint density at radius 1 is 1.24 bits per heavy atom. The molecule has 0 atom stereocenters. The van der Waals surface area contributed by atoms with Crippen LogP contribution in [0.3, 0.4) is 0 Å². The molecule has 0 saturated carbocycles. The first kappa shape index (κ1) is 18.5. The maximum Gasteiger partial charge on any atom is 0.406 e. The Bertz CT molecular complexity index is 728. The molecule has 1 aromatic carbocycles. The molecule has 1 heterocycles. The summed E-state index contributed by atoms with van der Waals surface area (Å²) in [6.45, 7) is -1.53. The molecule has 6 nitrogen and oxygen atoms in total. The molecule has 134 valence electrons. The van der Waals surface area contributed by atoms with Gasteiger partial charge in [-0.3, -0.25) is 9.59 Å². The van der Waals surface area contributed by atoms with Crippen molar-refractivity contribution in [2.75, 3.05) is 13.6 Å². The van der Waals surface area contributed by atoms with E-state index in [0.29, 0.717) is 5.56 Å². The number of rotatable bonds is 6. The van der Waals surface area contributed by atoms with Crippen molar-refractivity contribution in [2.24, 2.45) is 0 Å². The quantitative estimate of drug-likeness (QED) is 0.861. The minimum atomic E-state index is -4.37. The summed E-state index contributed by atoms with van der Waals surface area (Å²) in [4.78, 5) is 29.0. The summed E-state index contributed by atoms with van der Waals surface area (Å²) in [6.07, 6.45) is -1.92. The number of nitrogens with zero attached hydrogens (tertiary/aromatic N) is 3. The van der Waals surface area contributed by atoms with Crippen molar-refractivity contribution in [1.29, 1.82) is 0 Å². The predicted molar refractivity (Wildman–Crippen MR) is 83.5 cm³/mol. The molecule has 1 N–H and O–H groups in total. The first-order valence-electron chi connectivity index (χ1n) is 7.40. The summed E-state index contributed by atoms with van der Waals surface area (Å²) in [5.74, 6) is -0.727. The Hall–Kier alpha value is -2.84. The predicted octanol–water partition coefficient (Wildman–Crippen LogP) is 1.83. The highest BCUT2D eigenvalue weighted by molar-refractivity contribution is 5.96. The Kier molecular flexibility index (Phi) is 5.79.